The Morgan fingerprint density at radius 3 is 3.00 bits per heavy atom. The topological polar surface area (TPSA) is 96.7 Å². The highest BCUT2D eigenvalue weighted by molar-refractivity contribution is 6.03. The van der Waals surface area contributed by atoms with Crippen molar-refractivity contribution < 1.29 is 14.6 Å². The molecule has 128 valence electrons. The predicted molar refractivity (Wildman–Crippen MR) is 87.0 cm³/mol. The second kappa shape index (κ2) is 6.98. The molecule has 2 aliphatic rings. The molecule has 0 spiro atoms. The van der Waals surface area contributed by atoms with E-state index in [1.54, 1.807) is 23.4 Å². The number of amides is 1. The molecule has 1 aromatic heterocycles. The van der Waals surface area contributed by atoms with Crippen LogP contribution in [-0.2, 0) is 9.53 Å². The number of hydrogen-bond donors (Lipinski definition) is 2. The van der Waals surface area contributed by atoms with E-state index in [4.69, 9.17) is 9.84 Å². The largest absolute Gasteiger partial charge is 0.394 e. The Morgan fingerprint density at radius 1 is 1.50 bits per heavy atom. The van der Waals surface area contributed by atoms with Crippen molar-refractivity contribution in [3.05, 3.63) is 46.8 Å². The number of aliphatic hydroxyl groups excluding tert-OH is 1. The zero-order valence-electron chi connectivity index (χ0n) is 13.4. The molecule has 1 fully saturated rings. The Hall–Kier alpha value is -2.45. The summed E-state index contributed by atoms with van der Waals surface area (Å²) >= 11 is 0. The van der Waals surface area contributed by atoms with Gasteiger partial charge in [-0.3, -0.25) is 9.36 Å². The standard InChI is InChI=1S/C16H20N4O4/c1-19-7-2-3-11(9-19)15(22)17-13-6-8-20(16(23)18-13)14-5-4-12(10-21)24-14/h2,6-9,12,14,21H,3-5,10H2,1H3,(H,17,18,22,23)/t12-,14+/m0/s1. The number of nitrogens with zero attached hydrogens (tertiary/aromatic N) is 3. The summed E-state index contributed by atoms with van der Waals surface area (Å²) in [5.41, 5.74) is 0.0990. The van der Waals surface area contributed by atoms with Gasteiger partial charge in [0.2, 0.25) is 0 Å². The first-order valence-corrected chi connectivity index (χ1v) is 7.83. The van der Waals surface area contributed by atoms with E-state index in [-0.39, 0.29) is 24.4 Å². The summed E-state index contributed by atoms with van der Waals surface area (Å²) in [6, 6.07) is 1.57. The molecule has 3 rings (SSSR count). The van der Waals surface area contributed by atoms with Crippen molar-refractivity contribution in [1.29, 1.82) is 0 Å². The lowest BCUT2D eigenvalue weighted by molar-refractivity contribution is -0.113. The van der Waals surface area contributed by atoms with Crippen LogP contribution in [0.25, 0.3) is 0 Å². The molecule has 0 aliphatic carbocycles. The Morgan fingerprint density at radius 2 is 2.33 bits per heavy atom. The first-order valence-electron chi connectivity index (χ1n) is 7.83. The van der Waals surface area contributed by atoms with E-state index in [0.717, 1.165) is 0 Å². The van der Waals surface area contributed by atoms with Crippen molar-refractivity contribution in [2.24, 2.45) is 0 Å². The first kappa shape index (κ1) is 16.4. The lowest BCUT2D eigenvalue weighted by Crippen LogP contribution is -2.29. The lowest BCUT2D eigenvalue weighted by atomic mass is 10.1. The molecule has 2 N–H and O–H groups in total. The monoisotopic (exact) mass is 332 g/mol. The molecule has 3 heterocycles. The van der Waals surface area contributed by atoms with E-state index in [9.17, 15) is 9.59 Å². The average Bonchev–Trinajstić information content (AvgIpc) is 3.04. The van der Waals surface area contributed by atoms with E-state index in [2.05, 4.69) is 10.3 Å². The van der Waals surface area contributed by atoms with Crippen LogP contribution in [0.5, 0.6) is 0 Å². The second-order valence-corrected chi connectivity index (χ2v) is 5.84. The van der Waals surface area contributed by atoms with Crippen molar-refractivity contribution >= 4 is 11.7 Å². The number of aliphatic hydroxyl groups is 1. The van der Waals surface area contributed by atoms with Crippen molar-refractivity contribution in [1.82, 2.24) is 14.5 Å². The van der Waals surface area contributed by atoms with Gasteiger partial charge in [0.25, 0.3) is 5.91 Å². The third-order valence-electron chi connectivity index (χ3n) is 4.00. The number of ether oxygens (including phenoxy) is 1. The van der Waals surface area contributed by atoms with Gasteiger partial charge >= 0.3 is 5.69 Å². The van der Waals surface area contributed by atoms with E-state index < -0.39 is 11.9 Å². The fourth-order valence-electron chi connectivity index (χ4n) is 2.76. The molecule has 1 amide bonds. The molecule has 2 atom stereocenters. The first-order chi connectivity index (χ1) is 11.6. The molecule has 0 unspecified atom stereocenters. The predicted octanol–water partition coefficient (Wildman–Crippen LogP) is 0.585. The van der Waals surface area contributed by atoms with Gasteiger partial charge in [0.1, 0.15) is 12.0 Å². The van der Waals surface area contributed by atoms with Gasteiger partial charge in [0.15, 0.2) is 0 Å². The zero-order chi connectivity index (χ0) is 17.1. The van der Waals surface area contributed by atoms with Crippen LogP contribution in [0, 0.1) is 0 Å². The molecule has 8 heteroatoms. The quantitative estimate of drug-likeness (QED) is 0.837. The van der Waals surface area contributed by atoms with Gasteiger partial charge < -0.3 is 20.1 Å². The minimum atomic E-state index is -0.494. The van der Waals surface area contributed by atoms with Crippen LogP contribution in [0.15, 0.2) is 41.1 Å². The third-order valence-corrected chi connectivity index (χ3v) is 4.00. The summed E-state index contributed by atoms with van der Waals surface area (Å²) < 4.78 is 6.95. The van der Waals surface area contributed by atoms with Crippen LogP contribution >= 0.6 is 0 Å². The van der Waals surface area contributed by atoms with Crippen molar-refractivity contribution in [3.8, 4) is 0 Å². The Labute approximate surface area is 139 Å². The summed E-state index contributed by atoms with van der Waals surface area (Å²) in [5.74, 6) is -0.0793. The number of aromatic nitrogens is 2. The molecule has 0 saturated carbocycles. The molecule has 0 bridgehead atoms. The Kier molecular flexibility index (Phi) is 4.77. The highest BCUT2D eigenvalue weighted by atomic mass is 16.5. The fraction of sp³-hybridized carbons (Fsp3) is 0.438. The number of allylic oxidation sites excluding steroid dienone is 1. The molecule has 0 radical (unpaired) electrons. The van der Waals surface area contributed by atoms with Crippen LogP contribution in [0.1, 0.15) is 25.5 Å². The normalized spacial score (nSPS) is 23.2. The average molecular weight is 332 g/mol. The molecular weight excluding hydrogens is 312 g/mol. The summed E-state index contributed by atoms with van der Waals surface area (Å²) in [6.45, 7) is -0.0647. The van der Waals surface area contributed by atoms with E-state index in [1.165, 1.54) is 4.57 Å². The summed E-state index contributed by atoms with van der Waals surface area (Å²) in [5, 5.41) is 11.7. The van der Waals surface area contributed by atoms with Crippen LogP contribution in [0.2, 0.25) is 0 Å². The van der Waals surface area contributed by atoms with Gasteiger partial charge in [-0.25, -0.2) is 4.79 Å². The van der Waals surface area contributed by atoms with Gasteiger partial charge in [-0.15, -0.1) is 0 Å². The second-order valence-electron chi connectivity index (χ2n) is 5.84. The van der Waals surface area contributed by atoms with Crippen molar-refractivity contribution in [2.75, 3.05) is 19.0 Å². The molecule has 8 nitrogen and oxygen atoms in total. The number of carbonyl (C=O) groups excluding carboxylic acids is 1. The summed E-state index contributed by atoms with van der Waals surface area (Å²) in [6.07, 6.45) is 8.25. The maximum atomic E-state index is 12.2. The number of nitrogens with one attached hydrogen (secondary N) is 1. The van der Waals surface area contributed by atoms with Crippen molar-refractivity contribution in [2.45, 2.75) is 31.6 Å². The fourth-order valence-corrected chi connectivity index (χ4v) is 2.76. The van der Waals surface area contributed by atoms with Crippen molar-refractivity contribution in [3.63, 3.8) is 0 Å². The highest BCUT2D eigenvalue weighted by Crippen LogP contribution is 2.26. The maximum Gasteiger partial charge on any atom is 0.351 e. The molecule has 1 saturated heterocycles. The van der Waals surface area contributed by atoms with Gasteiger partial charge in [-0.2, -0.15) is 4.98 Å². The number of carbonyl (C=O) groups is 1. The number of anilines is 1. The van der Waals surface area contributed by atoms with Gasteiger partial charge in [0.05, 0.1) is 12.7 Å². The minimum absolute atomic E-state index is 0.0647. The molecule has 2 aliphatic heterocycles. The van der Waals surface area contributed by atoms with E-state index in [1.807, 2.05) is 19.3 Å². The van der Waals surface area contributed by atoms with Crippen LogP contribution in [0.3, 0.4) is 0 Å². The molecule has 24 heavy (non-hydrogen) atoms. The third kappa shape index (κ3) is 3.55. The Bertz CT molecular complexity index is 740. The maximum absolute atomic E-state index is 12.2. The number of rotatable bonds is 4. The van der Waals surface area contributed by atoms with E-state index in [0.29, 0.717) is 24.8 Å². The number of hydrogen-bond acceptors (Lipinski definition) is 6. The summed E-state index contributed by atoms with van der Waals surface area (Å²) in [4.78, 5) is 30.0. The molecular formula is C16H20N4O4. The van der Waals surface area contributed by atoms with Crippen LogP contribution in [0.4, 0.5) is 5.82 Å². The van der Waals surface area contributed by atoms with E-state index >= 15 is 0 Å². The molecule has 0 aromatic carbocycles. The highest BCUT2D eigenvalue weighted by Gasteiger charge is 2.26. The van der Waals surface area contributed by atoms with Crippen LogP contribution < -0.4 is 11.0 Å². The van der Waals surface area contributed by atoms with Gasteiger partial charge in [-0.05, 0) is 31.5 Å². The van der Waals surface area contributed by atoms with Crippen LogP contribution in [-0.4, -0.2) is 45.2 Å². The smallest absolute Gasteiger partial charge is 0.351 e. The summed E-state index contributed by atoms with van der Waals surface area (Å²) in [7, 11) is 1.84. The van der Waals surface area contributed by atoms with Gasteiger partial charge in [-0.1, -0.05) is 6.08 Å². The SMILES string of the molecule is CN1C=CCC(C(=O)Nc2ccn([C@H]3CC[C@@H](CO)O3)c(=O)n2)=C1. The minimum Gasteiger partial charge on any atom is -0.394 e. The Balaban J connectivity index is 1.69. The van der Waals surface area contributed by atoms with Gasteiger partial charge in [0, 0.05) is 25.0 Å². The lowest BCUT2D eigenvalue weighted by Gasteiger charge is -2.17. The molecule has 1 aromatic rings. The zero-order valence-corrected chi connectivity index (χ0v) is 13.4.